The number of hydrogen-bond acceptors (Lipinski definition) is 2. The van der Waals surface area contributed by atoms with Crippen molar-refractivity contribution in [3.05, 3.63) is 28.6 Å². The highest BCUT2D eigenvalue weighted by atomic mass is 16.4. The van der Waals surface area contributed by atoms with Gasteiger partial charge in [-0.2, -0.15) is 0 Å². The fourth-order valence-corrected chi connectivity index (χ4v) is 2.64. The third kappa shape index (κ3) is 2.89. The Balaban J connectivity index is 2.41. The number of aromatic carboxylic acids is 1. The standard InChI is InChI=1S/C15H21NO2/c1-2-7-14-12(15(17)18)10-11-8-5-3-4-6-9-13(11)16-14/h10H,2-9H2,1H3,(H,17,18). The molecule has 0 spiro atoms. The average molecular weight is 247 g/mol. The molecule has 0 fully saturated rings. The van der Waals surface area contributed by atoms with Crippen molar-refractivity contribution in [2.24, 2.45) is 0 Å². The SMILES string of the molecule is CCCc1nc2c(cc1C(=O)O)CCCCCC2. The Hall–Kier alpha value is -1.38. The molecule has 0 bridgehead atoms. The molecule has 1 aromatic heterocycles. The van der Waals surface area contributed by atoms with Crippen LogP contribution in [0.15, 0.2) is 6.07 Å². The Morgan fingerprint density at radius 3 is 2.67 bits per heavy atom. The van der Waals surface area contributed by atoms with Crippen molar-refractivity contribution in [1.82, 2.24) is 4.98 Å². The quantitative estimate of drug-likeness (QED) is 0.890. The van der Waals surface area contributed by atoms with Crippen molar-refractivity contribution in [1.29, 1.82) is 0 Å². The van der Waals surface area contributed by atoms with Gasteiger partial charge in [-0.15, -0.1) is 0 Å². The molecule has 0 aromatic carbocycles. The first-order chi connectivity index (χ1) is 8.72. The van der Waals surface area contributed by atoms with Crippen molar-refractivity contribution in [3.8, 4) is 0 Å². The van der Waals surface area contributed by atoms with Crippen molar-refractivity contribution >= 4 is 5.97 Å². The first-order valence-electron chi connectivity index (χ1n) is 6.97. The van der Waals surface area contributed by atoms with Crippen molar-refractivity contribution in [2.45, 2.75) is 58.3 Å². The summed E-state index contributed by atoms with van der Waals surface area (Å²) in [6, 6.07) is 1.88. The molecule has 1 aliphatic carbocycles. The largest absolute Gasteiger partial charge is 0.478 e. The maximum Gasteiger partial charge on any atom is 0.337 e. The molecule has 3 nitrogen and oxygen atoms in total. The average Bonchev–Trinajstić information content (AvgIpc) is 2.30. The molecule has 1 heterocycles. The fourth-order valence-electron chi connectivity index (χ4n) is 2.64. The summed E-state index contributed by atoms with van der Waals surface area (Å²) < 4.78 is 0. The van der Waals surface area contributed by atoms with Crippen molar-refractivity contribution < 1.29 is 9.90 Å². The van der Waals surface area contributed by atoms with E-state index in [2.05, 4.69) is 11.9 Å². The minimum atomic E-state index is -0.837. The number of carbonyl (C=O) groups is 1. The number of carboxylic acid groups (broad SMARTS) is 1. The molecule has 1 N–H and O–H groups in total. The smallest absolute Gasteiger partial charge is 0.337 e. The molecule has 2 rings (SSSR count). The van der Waals surface area contributed by atoms with Crippen molar-refractivity contribution in [3.63, 3.8) is 0 Å². The summed E-state index contributed by atoms with van der Waals surface area (Å²) >= 11 is 0. The van der Waals surface area contributed by atoms with Crippen LogP contribution in [0.4, 0.5) is 0 Å². The summed E-state index contributed by atoms with van der Waals surface area (Å²) in [6.45, 7) is 2.06. The zero-order valence-corrected chi connectivity index (χ0v) is 11.0. The van der Waals surface area contributed by atoms with E-state index in [9.17, 15) is 9.90 Å². The second-order valence-corrected chi connectivity index (χ2v) is 5.06. The van der Waals surface area contributed by atoms with E-state index < -0.39 is 5.97 Å². The third-order valence-electron chi connectivity index (χ3n) is 3.60. The molecule has 1 aliphatic rings. The number of nitrogens with zero attached hydrogens (tertiary/aromatic N) is 1. The molecule has 0 radical (unpaired) electrons. The lowest BCUT2D eigenvalue weighted by atomic mass is 9.94. The van der Waals surface area contributed by atoms with E-state index in [4.69, 9.17) is 0 Å². The second kappa shape index (κ2) is 5.98. The minimum Gasteiger partial charge on any atom is -0.478 e. The molecule has 0 saturated carbocycles. The first-order valence-corrected chi connectivity index (χ1v) is 6.97. The first kappa shape index (κ1) is 13.1. The van der Waals surface area contributed by atoms with E-state index in [0.717, 1.165) is 49.1 Å². The van der Waals surface area contributed by atoms with Gasteiger partial charge in [0.2, 0.25) is 0 Å². The second-order valence-electron chi connectivity index (χ2n) is 5.06. The zero-order valence-electron chi connectivity index (χ0n) is 11.0. The topological polar surface area (TPSA) is 50.2 Å². The van der Waals surface area contributed by atoms with Gasteiger partial charge in [0, 0.05) is 5.69 Å². The molecule has 0 saturated heterocycles. The highest BCUT2D eigenvalue weighted by Gasteiger charge is 2.16. The summed E-state index contributed by atoms with van der Waals surface area (Å²) in [4.78, 5) is 15.9. The van der Waals surface area contributed by atoms with Gasteiger partial charge in [-0.05, 0) is 43.7 Å². The number of carboxylic acids is 1. The molecular weight excluding hydrogens is 226 g/mol. The number of rotatable bonds is 3. The van der Waals surface area contributed by atoms with Crippen LogP contribution in [0, 0.1) is 0 Å². The molecule has 3 heteroatoms. The van der Waals surface area contributed by atoms with Gasteiger partial charge < -0.3 is 5.11 Å². The summed E-state index contributed by atoms with van der Waals surface area (Å²) in [5.74, 6) is -0.837. The molecule has 18 heavy (non-hydrogen) atoms. The van der Waals surface area contributed by atoms with Crippen LogP contribution in [0.2, 0.25) is 0 Å². The van der Waals surface area contributed by atoms with Crippen LogP contribution in [0.25, 0.3) is 0 Å². The Bertz CT molecular complexity index is 440. The van der Waals surface area contributed by atoms with E-state index in [0.29, 0.717) is 5.56 Å². The predicted octanol–water partition coefficient (Wildman–Crippen LogP) is 3.39. The van der Waals surface area contributed by atoms with Crippen LogP contribution < -0.4 is 0 Å². The lowest BCUT2D eigenvalue weighted by molar-refractivity contribution is 0.0695. The predicted molar refractivity (Wildman–Crippen MR) is 71.1 cm³/mol. The summed E-state index contributed by atoms with van der Waals surface area (Å²) in [6.07, 6.45) is 8.53. The van der Waals surface area contributed by atoms with Crippen LogP contribution in [0.1, 0.15) is 66.3 Å². The van der Waals surface area contributed by atoms with E-state index in [1.165, 1.54) is 19.3 Å². The number of hydrogen-bond donors (Lipinski definition) is 1. The maximum atomic E-state index is 11.3. The monoisotopic (exact) mass is 247 g/mol. The maximum absolute atomic E-state index is 11.3. The zero-order chi connectivity index (χ0) is 13.0. The van der Waals surface area contributed by atoms with Gasteiger partial charge in [0.1, 0.15) is 0 Å². The highest BCUT2D eigenvalue weighted by molar-refractivity contribution is 5.89. The normalized spacial score (nSPS) is 15.6. The Morgan fingerprint density at radius 2 is 2.00 bits per heavy atom. The minimum absolute atomic E-state index is 0.413. The molecule has 0 atom stereocenters. The Kier molecular flexibility index (Phi) is 4.34. The summed E-state index contributed by atoms with van der Waals surface area (Å²) in [5.41, 5.74) is 3.48. The molecular formula is C15H21NO2. The lowest BCUT2D eigenvalue weighted by Gasteiger charge is -2.16. The van der Waals surface area contributed by atoms with Crippen LogP contribution in [0.3, 0.4) is 0 Å². The molecule has 98 valence electrons. The van der Waals surface area contributed by atoms with Crippen LogP contribution in [-0.4, -0.2) is 16.1 Å². The number of aromatic nitrogens is 1. The van der Waals surface area contributed by atoms with E-state index in [1.807, 2.05) is 6.07 Å². The van der Waals surface area contributed by atoms with Gasteiger partial charge in [-0.25, -0.2) is 4.79 Å². The molecule has 1 aromatic rings. The molecule has 0 aliphatic heterocycles. The molecule has 0 amide bonds. The number of aryl methyl sites for hydroxylation is 3. The van der Waals surface area contributed by atoms with E-state index in [1.54, 1.807) is 0 Å². The Morgan fingerprint density at radius 1 is 1.28 bits per heavy atom. The number of pyridine rings is 1. The Labute approximate surface area is 108 Å². The van der Waals surface area contributed by atoms with Crippen LogP contribution in [0.5, 0.6) is 0 Å². The van der Waals surface area contributed by atoms with E-state index >= 15 is 0 Å². The van der Waals surface area contributed by atoms with Gasteiger partial charge in [-0.1, -0.05) is 26.2 Å². The van der Waals surface area contributed by atoms with Gasteiger partial charge in [-0.3, -0.25) is 4.98 Å². The van der Waals surface area contributed by atoms with Gasteiger partial charge in [0.15, 0.2) is 0 Å². The molecule has 0 unspecified atom stereocenters. The van der Waals surface area contributed by atoms with Gasteiger partial charge in [0.25, 0.3) is 0 Å². The third-order valence-corrected chi connectivity index (χ3v) is 3.60. The summed E-state index contributed by atoms with van der Waals surface area (Å²) in [7, 11) is 0. The summed E-state index contributed by atoms with van der Waals surface area (Å²) in [5, 5.41) is 9.28. The van der Waals surface area contributed by atoms with E-state index in [-0.39, 0.29) is 0 Å². The van der Waals surface area contributed by atoms with Gasteiger partial charge >= 0.3 is 5.97 Å². The highest BCUT2D eigenvalue weighted by Crippen LogP contribution is 2.22. The van der Waals surface area contributed by atoms with Gasteiger partial charge in [0.05, 0.1) is 11.3 Å². The van der Waals surface area contributed by atoms with Crippen LogP contribution in [-0.2, 0) is 19.3 Å². The van der Waals surface area contributed by atoms with Crippen molar-refractivity contribution in [2.75, 3.05) is 0 Å². The van der Waals surface area contributed by atoms with Crippen LogP contribution >= 0.6 is 0 Å². The number of fused-ring (bicyclic) bond motifs is 1. The lowest BCUT2D eigenvalue weighted by Crippen LogP contribution is -2.11. The fraction of sp³-hybridized carbons (Fsp3) is 0.600.